The Morgan fingerprint density at radius 1 is 1.31 bits per heavy atom. The molecule has 0 aliphatic carbocycles. The average molecular weight is 217 g/mol. The van der Waals surface area contributed by atoms with E-state index in [1.54, 1.807) is 0 Å². The largest absolute Gasteiger partial charge is 0.290 e. The highest BCUT2D eigenvalue weighted by atomic mass is 16.1. The maximum absolute atomic E-state index is 11.6. The third-order valence-corrected chi connectivity index (χ3v) is 1.97. The zero-order valence-electron chi connectivity index (χ0n) is 8.98. The maximum Gasteiger partial charge on any atom is 0.261 e. The fourth-order valence-electron chi connectivity index (χ4n) is 1.33. The van der Waals surface area contributed by atoms with E-state index in [9.17, 15) is 4.79 Å². The van der Waals surface area contributed by atoms with E-state index in [4.69, 9.17) is 0 Å². The molecule has 0 unspecified atom stereocenters. The first-order valence-corrected chi connectivity index (χ1v) is 4.77. The molecular formula is C10H11N5O. The Morgan fingerprint density at radius 2 is 2.00 bits per heavy atom. The van der Waals surface area contributed by atoms with E-state index in [2.05, 4.69) is 25.5 Å². The van der Waals surface area contributed by atoms with Gasteiger partial charge in [-0.1, -0.05) is 0 Å². The summed E-state index contributed by atoms with van der Waals surface area (Å²) >= 11 is 0. The van der Waals surface area contributed by atoms with Crippen LogP contribution in [0.5, 0.6) is 0 Å². The van der Waals surface area contributed by atoms with Crippen LogP contribution in [-0.4, -0.2) is 26.1 Å². The zero-order chi connectivity index (χ0) is 11.5. The molecule has 2 N–H and O–H groups in total. The number of rotatable bonds is 2. The number of carbonyl (C=O) groups excluding carboxylic acids is 1. The van der Waals surface area contributed by atoms with Gasteiger partial charge in [0.15, 0.2) is 0 Å². The van der Waals surface area contributed by atoms with Crippen molar-refractivity contribution in [3.05, 3.63) is 35.4 Å². The molecule has 82 valence electrons. The van der Waals surface area contributed by atoms with Crippen LogP contribution in [0.3, 0.4) is 0 Å². The highest BCUT2D eigenvalue weighted by molar-refractivity contribution is 6.02. The van der Waals surface area contributed by atoms with Crippen LogP contribution in [0.25, 0.3) is 0 Å². The number of hydrogen-bond acceptors (Lipinski definition) is 4. The molecule has 6 nitrogen and oxygen atoms in total. The standard InChI is InChI=1S/C10H11N5O/c1-6-3-7(2)14-10(13-6)15-9(16)8-4-11-12-5-8/h3-5H,1-2H3,(H,11,12)(H,13,14,15,16). The van der Waals surface area contributed by atoms with Gasteiger partial charge < -0.3 is 0 Å². The third kappa shape index (κ3) is 2.22. The fourth-order valence-corrected chi connectivity index (χ4v) is 1.33. The number of H-pyrrole nitrogens is 1. The minimum absolute atomic E-state index is 0.279. The molecule has 6 heteroatoms. The first-order chi connectivity index (χ1) is 7.65. The normalized spacial score (nSPS) is 10.1. The Labute approximate surface area is 92.1 Å². The molecule has 0 aliphatic heterocycles. The Morgan fingerprint density at radius 3 is 2.56 bits per heavy atom. The quantitative estimate of drug-likeness (QED) is 0.788. The molecular weight excluding hydrogens is 206 g/mol. The van der Waals surface area contributed by atoms with E-state index in [-0.39, 0.29) is 5.91 Å². The van der Waals surface area contributed by atoms with Crippen LogP contribution in [0.2, 0.25) is 0 Å². The van der Waals surface area contributed by atoms with Gasteiger partial charge in [0.1, 0.15) is 0 Å². The summed E-state index contributed by atoms with van der Waals surface area (Å²) in [6, 6.07) is 1.84. The molecule has 0 saturated heterocycles. The highest BCUT2D eigenvalue weighted by Gasteiger charge is 2.08. The van der Waals surface area contributed by atoms with Crippen molar-refractivity contribution < 1.29 is 4.79 Å². The predicted octanol–water partition coefficient (Wildman–Crippen LogP) is 1.07. The number of aryl methyl sites for hydroxylation is 2. The summed E-state index contributed by atoms with van der Waals surface area (Å²) in [6.45, 7) is 3.70. The smallest absolute Gasteiger partial charge is 0.261 e. The zero-order valence-corrected chi connectivity index (χ0v) is 8.98. The molecule has 16 heavy (non-hydrogen) atoms. The maximum atomic E-state index is 11.6. The summed E-state index contributed by atoms with van der Waals surface area (Å²) < 4.78 is 0. The Kier molecular flexibility index (Phi) is 2.63. The second kappa shape index (κ2) is 4.09. The van der Waals surface area contributed by atoms with Crippen molar-refractivity contribution in [1.82, 2.24) is 20.2 Å². The highest BCUT2D eigenvalue weighted by Crippen LogP contribution is 2.05. The third-order valence-electron chi connectivity index (χ3n) is 1.97. The van der Waals surface area contributed by atoms with Gasteiger partial charge >= 0.3 is 0 Å². The summed E-state index contributed by atoms with van der Waals surface area (Å²) in [4.78, 5) is 19.9. The van der Waals surface area contributed by atoms with Gasteiger partial charge in [0, 0.05) is 17.6 Å². The first-order valence-electron chi connectivity index (χ1n) is 4.77. The SMILES string of the molecule is Cc1cc(C)nc(NC(=O)c2cn[nH]c2)n1. The number of aromatic amines is 1. The molecule has 0 aromatic carbocycles. The number of anilines is 1. The fraction of sp³-hybridized carbons (Fsp3) is 0.200. The van der Waals surface area contributed by atoms with E-state index in [1.807, 2.05) is 19.9 Å². The van der Waals surface area contributed by atoms with Crippen LogP contribution in [0.1, 0.15) is 21.7 Å². The lowest BCUT2D eigenvalue weighted by atomic mass is 10.3. The number of nitrogens with one attached hydrogen (secondary N) is 2. The van der Waals surface area contributed by atoms with Crippen molar-refractivity contribution >= 4 is 11.9 Å². The molecule has 0 saturated carbocycles. The number of aromatic nitrogens is 4. The van der Waals surface area contributed by atoms with Crippen molar-refractivity contribution in [2.24, 2.45) is 0 Å². The van der Waals surface area contributed by atoms with Crippen LogP contribution < -0.4 is 5.32 Å². The van der Waals surface area contributed by atoms with Gasteiger partial charge in [-0.3, -0.25) is 15.2 Å². The lowest BCUT2D eigenvalue weighted by Gasteiger charge is -2.03. The first kappa shape index (κ1) is 10.3. The van der Waals surface area contributed by atoms with Gasteiger partial charge in [-0.15, -0.1) is 0 Å². The molecule has 2 rings (SSSR count). The van der Waals surface area contributed by atoms with Gasteiger partial charge in [-0.2, -0.15) is 5.10 Å². The van der Waals surface area contributed by atoms with Gasteiger partial charge in [0.05, 0.1) is 11.8 Å². The van der Waals surface area contributed by atoms with Crippen molar-refractivity contribution in [3.63, 3.8) is 0 Å². The monoisotopic (exact) mass is 217 g/mol. The summed E-state index contributed by atoms with van der Waals surface area (Å²) in [5.41, 5.74) is 2.08. The molecule has 2 heterocycles. The molecule has 2 aromatic rings. The van der Waals surface area contributed by atoms with Crippen molar-refractivity contribution in [3.8, 4) is 0 Å². The van der Waals surface area contributed by atoms with Crippen molar-refractivity contribution in [2.75, 3.05) is 5.32 Å². The Balaban J connectivity index is 2.18. The number of hydrogen-bond donors (Lipinski definition) is 2. The molecule has 0 atom stereocenters. The number of nitrogens with zero attached hydrogens (tertiary/aromatic N) is 3. The van der Waals surface area contributed by atoms with Gasteiger partial charge in [-0.05, 0) is 19.9 Å². The molecule has 0 aliphatic rings. The predicted molar refractivity (Wildman–Crippen MR) is 58.0 cm³/mol. The van der Waals surface area contributed by atoms with Crippen LogP contribution in [-0.2, 0) is 0 Å². The summed E-state index contributed by atoms with van der Waals surface area (Å²) in [5, 5.41) is 8.87. The van der Waals surface area contributed by atoms with E-state index < -0.39 is 0 Å². The molecule has 2 aromatic heterocycles. The minimum atomic E-state index is -0.279. The second-order valence-corrected chi connectivity index (χ2v) is 3.42. The topological polar surface area (TPSA) is 83.6 Å². The second-order valence-electron chi connectivity index (χ2n) is 3.42. The van der Waals surface area contributed by atoms with Gasteiger partial charge in [-0.25, -0.2) is 9.97 Å². The molecule has 1 amide bonds. The van der Waals surface area contributed by atoms with Crippen LogP contribution in [0.4, 0.5) is 5.95 Å². The van der Waals surface area contributed by atoms with Crippen molar-refractivity contribution in [1.29, 1.82) is 0 Å². The van der Waals surface area contributed by atoms with E-state index in [0.717, 1.165) is 11.4 Å². The summed E-state index contributed by atoms with van der Waals surface area (Å²) in [5.74, 6) is 0.0300. The van der Waals surface area contributed by atoms with Gasteiger partial charge in [0.25, 0.3) is 5.91 Å². The Bertz CT molecular complexity index is 486. The van der Waals surface area contributed by atoms with E-state index in [0.29, 0.717) is 11.5 Å². The number of amides is 1. The van der Waals surface area contributed by atoms with Gasteiger partial charge in [0.2, 0.25) is 5.95 Å². The lowest BCUT2D eigenvalue weighted by molar-refractivity contribution is 0.102. The summed E-state index contributed by atoms with van der Waals surface area (Å²) in [7, 11) is 0. The molecule has 0 fully saturated rings. The minimum Gasteiger partial charge on any atom is -0.290 e. The summed E-state index contributed by atoms with van der Waals surface area (Å²) in [6.07, 6.45) is 2.95. The molecule has 0 bridgehead atoms. The Hall–Kier alpha value is -2.24. The average Bonchev–Trinajstić information content (AvgIpc) is 2.68. The van der Waals surface area contributed by atoms with Crippen LogP contribution >= 0.6 is 0 Å². The molecule has 0 radical (unpaired) electrons. The number of carbonyl (C=O) groups is 1. The van der Waals surface area contributed by atoms with E-state index >= 15 is 0 Å². The van der Waals surface area contributed by atoms with Crippen molar-refractivity contribution in [2.45, 2.75) is 13.8 Å². The lowest BCUT2D eigenvalue weighted by Crippen LogP contribution is -2.14. The van der Waals surface area contributed by atoms with E-state index in [1.165, 1.54) is 12.4 Å². The van der Waals surface area contributed by atoms with Crippen LogP contribution in [0.15, 0.2) is 18.5 Å². The van der Waals surface area contributed by atoms with Crippen LogP contribution in [0, 0.1) is 13.8 Å². The molecule has 0 spiro atoms.